The van der Waals surface area contributed by atoms with Crippen molar-refractivity contribution in [3.63, 3.8) is 0 Å². The maximum Gasteiger partial charge on any atom is 0.133 e. The Morgan fingerprint density at radius 2 is 2.21 bits per heavy atom. The number of rotatable bonds is 7. The predicted molar refractivity (Wildman–Crippen MR) is 79.7 cm³/mol. The molecule has 0 amide bonds. The molecule has 1 saturated heterocycles. The third kappa shape index (κ3) is 4.35. The van der Waals surface area contributed by atoms with Crippen molar-refractivity contribution in [3.8, 4) is 0 Å². The maximum atomic E-state index is 4.35. The number of hydrogen-bond acceptors (Lipinski definition) is 5. The largest absolute Gasteiger partial charge is 0.365 e. The summed E-state index contributed by atoms with van der Waals surface area (Å²) >= 11 is 0. The van der Waals surface area contributed by atoms with Gasteiger partial charge in [-0.05, 0) is 18.8 Å². The molecule has 1 aliphatic heterocycles. The van der Waals surface area contributed by atoms with Crippen molar-refractivity contribution in [2.45, 2.75) is 32.7 Å². The van der Waals surface area contributed by atoms with Gasteiger partial charge < -0.3 is 15.5 Å². The molecule has 0 saturated carbocycles. The number of nitrogens with one attached hydrogen (secondary N) is 2. The van der Waals surface area contributed by atoms with Crippen molar-refractivity contribution in [2.75, 3.05) is 36.9 Å². The molecule has 5 heteroatoms. The topological polar surface area (TPSA) is 53.1 Å². The fourth-order valence-electron chi connectivity index (χ4n) is 2.09. The lowest BCUT2D eigenvalue weighted by atomic mass is 10.1. The summed E-state index contributed by atoms with van der Waals surface area (Å²) in [5, 5.41) is 6.65. The third-order valence-corrected chi connectivity index (χ3v) is 3.45. The molecule has 1 aromatic rings. The van der Waals surface area contributed by atoms with Crippen molar-refractivity contribution in [3.05, 3.63) is 12.4 Å². The summed E-state index contributed by atoms with van der Waals surface area (Å²) in [5.41, 5.74) is 0. The van der Waals surface area contributed by atoms with E-state index in [-0.39, 0.29) is 0 Å². The second-order valence-corrected chi connectivity index (χ2v) is 5.72. The minimum absolute atomic E-state index is 0.508. The molecule has 5 nitrogen and oxygen atoms in total. The lowest BCUT2D eigenvalue weighted by Gasteiger charge is -2.28. The second kappa shape index (κ2) is 6.70. The van der Waals surface area contributed by atoms with Crippen LogP contribution in [0.1, 0.15) is 26.7 Å². The van der Waals surface area contributed by atoms with Gasteiger partial charge in [-0.25, -0.2) is 9.97 Å². The van der Waals surface area contributed by atoms with Crippen molar-refractivity contribution in [1.29, 1.82) is 0 Å². The van der Waals surface area contributed by atoms with E-state index in [0.29, 0.717) is 6.04 Å². The van der Waals surface area contributed by atoms with Crippen LogP contribution >= 0.6 is 0 Å². The molecule has 19 heavy (non-hydrogen) atoms. The minimum Gasteiger partial charge on any atom is -0.365 e. The van der Waals surface area contributed by atoms with Crippen LogP contribution in [-0.4, -0.2) is 42.7 Å². The first-order chi connectivity index (χ1) is 9.15. The highest BCUT2D eigenvalue weighted by atomic mass is 15.2. The molecule has 0 atom stereocenters. The Bertz CT molecular complexity index is 389. The van der Waals surface area contributed by atoms with Gasteiger partial charge in [0.1, 0.15) is 18.0 Å². The van der Waals surface area contributed by atoms with Crippen LogP contribution in [0.3, 0.4) is 0 Å². The first-order valence-corrected chi connectivity index (χ1v) is 7.15. The van der Waals surface area contributed by atoms with Crippen LogP contribution in [0.25, 0.3) is 0 Å². The molecule has 1 fully saturated rings. The molecule has 2 N–H and O–H groups in total. The van der Waals surface area contributed by atoms with E-state index in [1.54, 1.807) is 6.33 Å². The first-order valence-electron chi connectivity index (χ1n) is 7.15. The number of nitrogens with zero attached hydrogens (tertiary/aromatic N) is 3. The van der Waals surface area contributed by atoms with E-state index in [0.717, 1.165) is 37.2 Å². The summed E-state index contributed by atoms with van der Waals surface area (Å²) in [6.45, 7) is 7.60. The molecule has 0 unspecified atom stereocenters. The highest BCUT2D eigenvalue weighted by molar-refractivity contribution is 5.48. The van der Waals surface area contributed by atoms with E-state index in [9.17, 15) is 0 Å². The molecule has 0 spiro atoms. The van der Waals surface area contributed by atoms with Gasteiger partial charge in [-0.3, -0.25) is 0 Å². The van der Waals surface area contributed by atoms with Gasteiger partial charge in [0.2, 0.25) is 0 Å². The van der Waals surface area contributed by atoms with Crippen LogP contribution in [0.5, 0.6) is 0 Å². The average molecular weight is 263 g/mol. The molecular weight excluding hydrogens is 238 g/mol. The van der Waals surface area contributed by atoms with Gasteiger partial charge in [0.05, 0.1) is 6.04 Å². The predicted octanol–water partition coefficient (Wildman–Crippen LogP) is 1.73. The summed E-state index contributed by atoms with van der Waals surface area (Å²) in [5.74, 6) is 2.68. The zero-order valence-electron chi connectivity index (χ0n) is 12.2. The Morgan fingerprint density at radius 3 is 2.84 bits per heavy atom. The smallest absolute Gasteiger partial charge is 0.133 e. The molecule has 1 aromatic heterocycles. The van der Waals surface area contributed by atoms with Crippen LogP contribution in [0.15, 0.2) is 12.4 Å². The Balaban J connectivity index is 1.85. The van der Waals surface area contributed by atoms with Gasteiger partial charge in [0, 0.05) is 32.7 Å². The zero-order valence-corrected chi connectivity index (χ0v) is 12.2. The molecule has 0 aliphatic carbocycles. The summed E-state index contributed by atoms with van der Waals surface area (Å²) in [7, 11) is 2.09. The normalized spacial score (nSPS) is 15.4. The van der Waals surface area contributed by atoms with Crippen LogP contribution in [0.4, 0.5) is 11.6 Å². The van der Waals surface area contributed by atoms with Crippen LogP contribution in [-0.2, 0) is 0 Å². The van der Waals surface area contributed by atoms with Gasteiger partial charge in [-0.15, -0.1) is 0 Å². The number of aromatic nitrogens is 2. The van der Waals surface area contributed by atoms with Gasteiger partial charge in [0.25, 0.3) is 0 Å². The Kier molecular flexibility index (Phi) is 4.96. The van der Waals surface area contributed by atoms with E-state index >= 15 is 0 Å². The maximum absolute atomic E-state index is 4.35. The van der Waals surface area contributed by atoms with Crippen molar-refractivity contribution in [1.82, 2.24) is 15.3 Å². The summed E-state index contributed by atoms with van der Waals surface area (Å²) < 4.78 is 0. The highest BCUT2D eigenvalue weighted by Crippen LogP contribution is 2.15. The summed E-state index contributed by atoms with van der Waals surface area (Å²) in [6.07, 6.45) is 4.10. The zero-order chi connectivity index (χ0) is 13.7. The SMILES string of the molecule is CC(C)CCCN(C)c1cc(NC2CNC2)ncn1. The van der Waals surface area contributed by atoms with Gasteiger partial charge in [-0.2, -0.15) is 0 Å². The standard InChI is InChI=1S/C14H25N5/c1-11(2)5-4-6-19(3)14-7-13(16-10-17-14)18-12-8-15-9-12/h7,10-12,15H,4-6,8-9H2,1-3H3,(H,16,17,18). The first kappa shape index (κ1) is 14.1. The molecule has 0 bridgehead atoms. The van der Waals surface area contributed by atoms with E-state index in [4.69, 9.17) is 0 Å². The molecule has 0 aromatic carbocycles. The van der Waals surface area contributed by atoms with Gasteiger partial charge in [0.15, 0.2) is 0 Å². The van der Waals surface area contributed by atoms with Crippen LogP contribution in [0, 0.1) is 5.92 Å². The fourth-order valence-corrected chi connectivity index (χ4v) is 2.09. The van der Waals surface area contributed by atoms with Crippen molar-refractivity contribution < 1.29 is 0 Å². The number of anilines is 2. The third-order valence-electron chi connectivity index (χ3n) is 3.45. The van der Waals surface area contributed by atoms with E-state index in [2.05, 4.69) is 46.4 Å². The quantitative estimate of drug-likeness (QED) is 0.784. The van der Waals surface area contributed by atoms with E-state index < -0.39 is 0 Å². The second-order valence-electron chi connectivity index (χ2n) is 5.72. The van der Waals surface area contributed by atoms with Crippen LogP contribution in [0.2, 0.25) is 0 Å². The Labute approximate surface area is 115 Å². The van der Waals surface area contributed by atoms with Crippen molar-refractivity contribution >= 4 is 11.6 Å². The van der Waals surface area contributed by atoms with E-state index in [1.165, 1.54) is 12.8 Å². The molecule has 1 aliphatic rings. The molecule has 2 rings (SSSR count). The molecule has 2 heterocycles. The molecule has 0 radical (unpaired) electrons. The monoisotopic (exact) mass is 263 g/mol. The highest BCUT2D eigenvalue weighted by Gasteiger charge is 2.16. The average Bonchev–Trinajstić information content (AvgIpc) is 2.34. The molecule has 106 valence electrons. The fraction of sp³-hybridized carbons (Fsp3) is 0.714. The lowest BCUT2D eigenvalue weighted by molar-refractivity contribution is 0.471. The summed E-state index contributed by atoms with van der Waals surface area (Å²) in [4.78, 5) is 10.8. The Morgan fingerprint density at radius 1 is 1.42 bits per heavy atom. The minimum atomic E-state index is 0.508. The van der Waals surface area contributed by atoms with Gasteiger partial charge >= 0.3 is 0 Å². The number of hydrogen-bond donors (Lipinski definition) is 2. The molecular formula is C14H25N5. The van der Waals surface area contributed by atoms with Crippen LogP contribution < -0.4 is 15.5 Å². The lowest BCUT2D eigenvalue weighted by Crippen LogP contribution is -2.51. The Hall–Kier alpha value is -1.36. The van der Waals surface area contributed by atoms with Crippen molar-refractivity contribution in [2.24, 2.45) is 5.92 Å². The summed E-state index contributed by atoms with van der Waals surface area (Å²) in [6, 6.07) is 2.54. The van der Waals surface area contributed by atoms with E-state index in [1.807, 2.05) is 6.07 Å². The van der Waals surface area contributed by atoms with Gasteiger partial charge in [-0.1, -0.05) is 13.8 Å².